The minimum Gasteiger partial charge on any atom is -0.465 e. The zero-order valence-corrected chi connectivity index (χ0v) is 10.6. The normalized spacial score (nSPS) is 23.7. The number of rotatable bonds is 3. The van der Waals surface area contributed by atoms with Gasteiger partial charge in [-0.1, -0.05) is 30.3 Å². The van der Waals surface area contributed by atoms with Gasteiger partial charge in [-0.25, -0.2) is 0 Å². The molecule has 0 N–H and O–H groups in total. The van der Waals surface area contributed by atoms with Crippen LogP contribution in [0.3, 0.4) is 0 Å². The van der Waals surface area contributed by atoms with E-state index in [-0.39, 0.29) is 11.8 Å². The Hall–Kier alpha value is -1.64. The number of carbonyl (C=O) groups is 2. The minimum absolute atomic E-state index is 0.0284. The molecule has 1 aromatic rings. The molecule has 1 saturated carbocycles. The molecule has 0 bridgehead atoms. The van der Waals surface area contributed by atoms with Gasteiger partial charge in [-0.2, -0.15) is 0 Å². The van der Waals surface area contributed by atoms with Gasteiger partial charge < -0.3 is 4.74 Å². The van der Waals surface area contributed by atoms with E-state index in [1.807, 2.05) is 18.2 Å². The lowest BCUT2D eigenvalue weighted by Crippen LogP contribution is -2.31. The number of benzene rings is 1. The maximum Gasteiger partial charge on any atom is 0.316 e. The average Bonchev–Trinajstić information content (AvgIpc) is 2.40. The van der Waals surface area contributed by atoms with Crippen LogP contribution in [-0.4, -0.2) is 18.4 Å². The first-order valence-corrected chi connectivity index (χ1v) is 6.46. The van der Waals surface area contributed by atoms with Gasteiger partial charge in [0.25, 0.3) is 0 Å². The molecular weight excluding hydrogens is 228 g/mol. The maximum atomic E-state index is 11.8. The Labute approximate surface area is 107 Å². The monoisotopic (exact) mass is 246 g/mol. The molecule has 2 rings (SSSR count). The molecule has 3 nitrogen and oxygen atoms in total. The highest BCUT2D eigenvalue weighted by Gasteiger charge is 2.35. The fourth-order valence-electron chi connectivity index (χ4n) is 2.52. The number of carbonyl (C=O) groups excluding carboxylic acids is 2. The number of ether oxygens (including phenoxy) is 1. The standard InChI is InChI=1S/C15H18O3/c1-2-18-15(17)13-10-12(8-9-14(13)16)11-6-4-3-5-7-11/h3-7,12-13H,2,8-10H2,1H3/t12-,13+/m0/s1. The van der Waals surface area contributed by atoms with Gasteiger partial charge in [0.2, 0.25) is 0 Å². The molecule has 0 saturated heterocycles. The lowest BCUT2D eigenvalue weighted by Gasteiger charge is -2.27. The van der Waals surface area contributed by atoms with Crippen LogP contribution in [0.2, 0.25) is 0 Å². The molecule has 2 atom stereocenters. The van der Waals surface area contributed by atoms with Crippen LogP contribution in [-0.2, 0) is 14.3 Å². The summed E-state index contributed by atoms with van der Waals surface area (Å²) in [7, 11) is 0. The third kappa shape index (κ3) is 2.78. The summed E-state index contributed by atoms with van der Waals surface area (Å²) in [5.74, 6) is -0.606. The molecule has 1 aromatic carbocycles. The van der Waals surface area contributed by atoms with Crippen LogP contribution in [0.25, 0.3) is 0 Å². The predicted molar refractivity (Wildman–Crippen MR) is 68.2 cm³/mol. The Bertz CT molecular complexity index is 425. The smallest absolute Gasteiger partial charge is 0.316 e. The second-order valence-electron chi connectivity index (χ2n) is 4.65. The fraction of sp³-hybridized carbons (Fsp3) is 0.467. The van der Waals surface area contributed by atoms with Crippen LogP contribution in [0, 0.1) is 5.92 Å². The summed E-state index contributed by atoms with van der Waals surface area (Å²) in [6, 6.07) is 10.1. The Balaban J connectivity index is 2.09. The number of Topliss-reactive ketones (excluding diaryl/α,β-unsaturated/α-hetero) is 1. The SMILES string of the molecule is CCOC(=O)[C@@H]1C[C@@H](c2ccccc2)CCC1=O. The number of esters is 1. The summed E-state index contributed by atoms with van der Waals surface area (Å²) in [6.07, 6.45) is 1.89. The van der Waals surface area contributed by atoms with Crippen molar-refractivity contribution in [2.75, 3.05) is 6.61 Å². The molecule has 0 aromatic heterocycles. The van der Waals surface area contributed by atoms with Crippen molar-refractivity contribution in [2.24, 2.45) is 5.92 Å². The van der Waals surface area contributed by atoms with Gasteiger partial charge in [0.1, 0.15) is 11.7 Å². The summed E-state index contributed by atoms with van der Waals surface area (Å²) in [6.45, 7) is 2.10. The highest BCUT2D eigenvalue weighted by molar-refractivity contribution is 5.99. The van der Waals surface area contributed by atoms with Crippen molar-refractivity contribution in [3.8, 4) is 0 Å². The van der Waals surface area contributed by atoms with E-state index in [1.54, 1.807) is 6.92 Å². The van der Waals surface area contributed by atoms with E-state index < -0.39 is 5.92 Å². The topological polar surface area (TPSA) is 43.4 Å². The number of hydrogen-bond donors (Lipinski definition) is 0. The molecule has 1 fully saturated rings. The van der Waals surface area contributed by atoms with Crippen LogP contribution in [0.5, 0.6) is 0 Å². The van der Waals surface area contributed by atoms with Crippen LogP contribution in [0.1, 0.15) is 37.7 Å². The molecule has 0 radical (unpaired) electrons. The van der Waals surface area contributed by atoms with E-state index in [0.717, 1.165) is 6.42 Å². The summed E-state index contributed by atoms with van der Waals surface area (Å²) in [5.41, 5.74) is 1.21. The zero-order valence-electron chi connectivity index (χ0n) is 10.6. The van der Waals surface area contributed by atoms with Crippen molar-refractivity contribution >= 4 is 11.8 Å². The first-order valence-electron chi connectivity index (χ1n) is 6.46. The molecular formula is C15H18O3. The third-order valence-electron chi connectivity index (χ3n) is 3.49. The zero-order chi connectivity index (χ0) is 13.0. The minimum atomic E-state index is -0.566. The van der Waals surface area contributed by atoms with Crippen molar-refractivity contribution in [2.45, 2.75) is 32.1 Å². The molecule has 3 heteroatoms. The highest BCUT2D eigenvalue weighted by Crippen LogP contribution is 2.34. The van der Waals surface area contributed by atoms with E-state index >= 15 is 0 Å². The molecule has 1 aliphatic rings. The summed E-state index contributed by atoms with van der Waals surface area (Å²) < 4.78 is 4.98. The van der Waals surface area contributed by atoms with E-state index in [4.69, 9.17) is 4.74 Å². The molecule has 0 heterocycles. The van der Waals surface area contributed by atoms with Crippen molar-refractivity contribution in [3.05, 3.63) is 35.9 Å². The van der Waals surface area contributed by atoms with Crippen molar-refractivity contribution in [1.29, 1.82) is 0 Å². The lowest BCUT2D eigenvalue weighted by atomic mass is 9.77. The van der Waals surface area contributed by atoms with Gasteiger partial charge in [0, 0.05) is 6.42 Å². The Morgan fingerprint density at radius 1 is 1.33 bits per heavy atom. The Morgan fingerprint density at radius 2 is 2.06 bits per heavy atom. The van der Waals surface area contributed by atoms with Gasteiger partial charge in [0.05, 0.1) is 6.61 Å². The predicted octanol–water partition coefficient (Wildman–Crippen LogP) is 2.70. The third-order valence-corrected chi connectivity index (χ3v) is 3.49. The van der Waals surface area contributed by atoms with E-state index in [2.05, 4.69) is 12.1 Å². The van der Waals surface area contributed by atoms with E-state index in [1.165, 1.54) is 5.56 Å². The fourth-order valence-corrected chi connectivity index (χ4v) is 2.52. The second-order valence-corrected chi connectivity index (χ2v) is 4.65. The van der Waals surface area contributed by atoms with Crippen LogP contribution >= 0.6 is 0 Å². The second kappa shape index (κ2) is 5.80. The molecule has 0 amide bonds. The van der Waals surface area contributed by atoms with Crippen molar-refractivity contribution in [3.63, 3.8) is 0 Å². The maximum absolute atomic E-state index is 11.8. The van der Waals surface area contributed by atoms with Gasteiger partial charge in [-0.3, -0.25) is 9.59 Å². The molecule has 1 aliphatic carbocycles. The summed E-state index contributed by atoms with van der Waals surface area (Å²) >= 11 is 0. The first-order chi connectivity index (χ1) is 8.72. The Kier molecular flexibility index (Phi) is 4.13. The van der Waals surface area contributed by atoms with Gasteiger partial charge in [-0.05, 0) is 31.2 Å². The quantitative estimate of drug-likeness (QED) is 0.608. The first kappa shape index (κ1) is 12.8. The van der Waals surface area contributed by atoms with Gasteiger partial charge >= 0.3 is 5.97 Å². The molecule has 18 heavy (non-hydrogen) atoms. The van der Waals surface area contributed by atoms with Crippen molar-refractivity contribution in [1.82, 2.24) is 0 Å². The van der Waals surface area contributed by atoms with Crippen LogP contribution in [0.4, 0.5) is 0 Å². The molecule has 0 aliphatic heterocycles. The molecule has 96 valence electrons. The average molecular weight is 246 g/mol. The van der Waals surface area contributed by atoms with E-state index in [9.17, 15) is 9.59 Å². The van der Waals surface area contributed by atoms with Crippen molar-refractivity contribution < 1.29 is 14.3 Å². The number of ketones is 1. The summed E-state index contributed by atoms with van der Waals surface area (Å²) in [4.78, 5) is 23.5. The van der Waals surface area contributed by atoms with Crippen LogP contribution in [0.15, 0.2) is 30.3 Å². The molecule has 0 unspecified atom stereocenters. The largest absolute Gasteiger partial charge is 0.465 e. The van der Waals surface area contributed by atoms with Gasteiger partial charge in [0.15, 0.2) is 0 Å². The highest BCUT2D eigenvalue weighted by atomic mass is 16.5. The summed E-state index contributed by atoms with van der Waals surface area (Å²) in [5, 5.41) is 0. The van der Waals surface area contributed by atoms with Crippen LogP contribution < -0.4 is 0 Å². The van der Waals surface area contributed by atoms with E-state index in [0.29, 0.717) is 25.4 Å². The van der Waals surface area contributed by atoms with Gasteiger partial charge in [-0.15, -0.1) is 0 Å². The number of hydrogen-bond acceptors (Lipinski definition) is 3. The molecule has 0 spiro atoms. The Morgan fingerprint density at radius 3 is 2.72 bits per heavy atom. The lowest BCUT2D eigenvalue weighted by molar-refractivity contribution is -0.153.